The minimum Gasteiger partial charge on any atom is -0.336 e. The number of likely N-dealkylation sites (tertiary alicyclic amines) is 1. The van der Waals surface area contributed by atoms with E-state index in [4.69, 9.17) is 0 Å². The minimum absolute atomic E-state index is 0.0138. The van der Waals surface area contributed by atoms with E-state index in [2.05, 4.69) is 22.1 Å². The second-order valence-corrected chi connectivity index (χ2v) is 5.29. The smallest absolute Gasteiger partial charge is 0.293 e. The van der Waals surface area contributed by atoms with E-state index >= 15 is 0 Å². The third-order valence-electron chi connectivity index (χ3n) is 3.73. The molecule has 3 rings (SSSR count). The summed E-state index contributed by atoms with van der Waals surface area (Å²) in [5, 5.41) is 6.93. The topological polar surface area (TPSA) is 61.9 Å². The maximum atomic E-state index is 12.1. The molecular weight excluding hydrogens is 216 g/mol. The van der Waals surface area contributed by atoms with Crippen LogP contribution in [0.3, 0.4) is 0 Å². The number of rotatable bonds is 2. The number of hydrogen-bond acceptors (Lipinski definition) is 3. The standard InChI is InChI=1S/C12H18N4O/c1-8-4-6-16(7-5-8)12(17)11-13-10(14-15-11)9-2-3-9/h8-9H,2-7H2,1H3,(H,13,14,15). The Hall–Kier alpha value is -1.39. The van der Waals surface area contributed by atoms with Crippen LogP contribution in [0.4, 0.5) is 0 Å². The Labute approximate surface area is 101 Å². The first-order chi connectivity index (χ1) is 8.24. The van der Waals surface area contributed by atoms with Crippen molar-refractivity contribution >= 4 is 5.91 Å². The lowest BCUT2D eigenvalue weighted by Crippen LogP contribution is -2.38. The fraction of sp³-hybridized carbons (Fsp3) is 0.750. The van der Waals surface area contributed by atoms with Crippen molar-refractivity contribution in [3.8, 4) is 0 Å². The van der Waals surface area contributed by atoms with Gasteiger partial charge in [0.1, 0.15) is 5.82 Å². The van der Waals surface area contributed by atoms with Gasteiger partial charge < -0.3 is 4.90 Å². The van der Waals surface area contributed by atoms with Gasteiger partial charge in [0, 0.05) is 19.0 Å². The predicted molar refractivity (Wildman–Crippen MR) is 62.7 cm³/mol. The molecule has 1 aromatic heterocycles. The van der Waals surface area contributed by atoms with Crippen LogP contribution in [0.25, 0.3) is 0 Å². The molecule has 2 heterocycles. The largest absolute Gasteiger partial charge is 0.336 e. The summed E-state index contributed by atoms with van der Waals surface area (Å²) in [7, 11) is 0. The van der Waals surface area contributed by atoms with Crippen LogP contribution in [0.5, 0.6) is 0 Å². The van der Waals surface area contributed by atoms with Crippen LogP contribution in [0, 0.1) is 5.92 Å². The van der Waals surface area contributed by atoms with E-state index in [9.17, 15) is 4.79 Å². The van der Waals surface area contributed by atoms with Crippen LogP contribution in [0.2, 0.25) is 0 Å². The molecule has 0 unspecified atom stereocenters. The fourth-order valence-electron chi connectivity index (χ4n) is 2.26. The third-order valence-corrected chi connectivity index (χ3v) is 3.73. The monoisotopic (exact) mass is 234 g/mol. The van der Waals surface area contributed by atoms with Crippen molar-refractivity contribution in [3.63, 3.8) is 0 Å². The molecule has 0 radical (unpaired) electrons. The Morgan fingerprint density at radius 1 is 1.29 bits per heavy atom. The Morgan fingerprint density at radius 2 is 2.00 bits per heavy atom. The first kappa shape index (κ1) is 10.7. The van der Waals surface area contributed by atoms with Crippen LogP contribution < -0.4 is 0 Å². The van der Waals surface area contributed by atoms with Gasteiger partial charge in [0.05, 0.1) is 0 Å². The summed E-state index contributed by atoms with van der Waals surface area (Å²) in [6.45, 7) is 3.92. The number of hydrogen-bond donors (Lipinski definition) is 1. The molecule has 0 aromatic carbocycles. The molecule has 1 amide bonds. The number of carbonyl (C=O) groups is 1. The van der Waals surface area contributed by atoms with Gasteiger partial charge in [-0.2, -0.15) is 0 Å². The first-order valence-electron chi connectivity index (χ1n) is 6.45. The molecule has 1 N–H and O–H groups in total. The Balaban J connectivity index is 1.67. The zero-order chi connectivity index (χ0) is 11.8. The highest BCUT2D eigenvalue weighted by atomic mass is 16.2. The lowest BCUT2D eigenvalue weighted by atomic mass is 9.99. The van der Waals surface area contributed by atoms with Crippen molar-refractivity contribution in [1.29, 1.82) is 0 Å². The first-order valence-corrected chi connectivity index (χ1v) is 6.45. The number of piperidine rings is 1. The third kappa shape index (κ3) is 2.18. The molecule has 2 fully saturated rings. The zero-order valence-electron chi connectivity index (χ0n) is 10.1. The second-order valence-electron chi connectivity index (χ2n) is 5.29. The van der Waals surface area contributed by atoms with Crippen molar-refractivity contribution in [3.05, 3.63) is 11.6 Å². The lowest BCUT2D eigenvalue weighted by Gasteiger charge is -2.29. The van der Waals surface area contributed by atoms with E-state index in [0.717, 1.165) is 37.7 Å². The molecule has 2 aliphatic rings. The fourth-order valence-corrected chi connectivity index (χ4v) is 2.26. The van der Waals surface area contributed by atoms with Crippen LogP contribution in [-0.2, 0) is 0 Å². The van der Waals surface area contributed by atoms with E-state index in [0.29, 0.717) is 11.7 Å². The van der Waals surface area contributed by atoms with Gasteiger partial charge in [-0.25, -0.2) is 4.98 Å². The number of aromatic amines is 1. The average Bonchev–Trinajstić information content (AvgIpc) is 3.07. The summed E-state index contributed by atoms with van der Waals surface area (Å²) in [4.78, 5) is 18.3. The molecule has 0 atom stereocenters. The number of aromatic nitrogens is 3. The van der Waals surface area contributed by atoms with Gasteiger partial charge in [0.15, 0.2) is 0 Å². The van der Waals surface area contributed by atoms with Crippen LogP contribution in [0.15, 0.2) is 0 Å². The van der Waals surface area contributed by atoms with Gasteiger partial charge in [0.2, 0.25) is 5.82 Å². The van der Waals surface area contributed by atoms with Crippen molar-refractivity contribution < 1.29 is 4.79 Å². The summed E-state index contributed by atoms with van der Waals surface area (Å²) in [6, 6.07) is 0. The van der Waals surface area contributed by atoms with Gasteiger partial charge >= 0.3 is 0 Å². The van der Waals surface area contributed by atoms with Crippen LogP contribution >= 0.6 is 0 Å². The van der Waals surface area contributed by atoms with E-state index in [1.54, 1.807) is 0 Å². The van der Waals surface area contributed by atoms with Crippen molar-refractivity contribution in [2.24, 2.45) is 5.92 Å². The average molecular weight is 234 g/mol. The van der Waals surface area contributed by atoms with Gasteiger partial charge in [-0.1, -0.05) is 6.92 Å². The number of carbonyl (C=O) groups excluding carboxylic acids is 1. The summed E-state index contributed by atoms with van der Waals surface area (Å²) in [5.41, 5.74) is 0. The molecule has 5 heteroatoms. The Kier molecular flexibility index (Phi) is 2.61. The SMILES string of the molecule is CC1CCN(C(=O)c2n[nH]c(C3CC3)n2)CC1. The van der Waals surface area contributed by atoms with Gasteiger partial charge in [-0.15, -0.1) is 5.10 Å². The summed E-state index contributed by atoms with van der Waals surface area (Å²) < 4.78 is 0. The van der Waals surface area contributed by atoms with Crippen molar-refractivity contribution in [2.75, 3.05) is 13.1 Å². The number of nitrogens with one attached hydrogen (secondary N) is 1. The normalized spacial score (nSPS) is 21.8. The van der Waals surface area contributed by atoms with E-state index in [1.165, 1.54) is 12.8 Å². The molecule has 92 valence electrons. The van der Waals surface area contributed by atoms with E-state index in [1.807, 2.05) is 4.90 Å². The van der Waals surface area contributed by atoms with E-state index < -0.39 is 0 Å². The molecule has 1 aromatic rings. The molecule has 5 nitrogen and oxygen atoms in total. The summed E-state index contributed by atoms with van der Waals surface area (Å²) in [5.74, 6) is 2.47. The molecule has 17 heavy (non-hydrogen) atoms. The predicted octanol–water partition coefficient (Wildman–Crippen LogP) is 1.55. The highest BCUT2D eigenvalue weighted by Crippen LogP contribution is 2.37. The zero-order valence-corrected chi connectivity index (χ0v) is 10.1. The highest BCUT2D eigenvalue weighted by molar-refractivity contribution is 5.90. The summed E-state index contributed by atoms with van der Waals surface area (Å²) in [6.07, 6.45) is 4.52. The number of H-pyrrole nitrogens is 1. The summed E-state index contributed by atoms with van der Waals surface area (Å²) >= 11 is 0. The maximum absolute atomic E-state index is 12.1. The molecule has 0 bridgehead atoms. The second kappa shape index (κ2) is 4.13. The minimum atomic E-state index is -0.0138. The Morgan fingerprint density at radius 3 is 2.65 bits per heavy atom. The molecule has 0 spiro atoms. The van der Waals surface area contributed by atoms with Crippen molar-refractivity contribution in [2.45, 2.75) is 38.5 Å². The molecule has 1 aliphatic heterocycles. The molecule has 1 saturated carbocycles. The van der Waals surface area contributed by atoms with Crippen molar-refractivity contribution in [1.82, 2.24) is 20.1 Å². The highest BCUT2D eigenvalue weighted by Gasteiger charge is 2.30. The van der Waals surface area contributed by atoms with Crippen LogP contribution in [0.1, 0.15) is 55.0 Å². The van der Waals surface area contributed by atoms with Crippen LogP contribution in [-0.4, -0.2) is 39.1 Å². The van der Waals surface area contributed by atoms with E-state index in [-0.39, 0.29) is 5.91 Å². The van der Waals surface area contributed by atoms with Gasteiger partial charge in [0.25, 0.3) is 5.91 Å². The molecule has 1 aliphatic carbocycles. The number of nitrogens with zero attached hydrogens (tertiary/aromatic N) is 3. The lowest BCUT2D eigenvalue weighted by molar-refractivity contribution is 0.0685. The van der Waals surface area contributed by atoms with Gasteiger partial charge in [-0.05, 0) is 31.6 Å². The molecular formula is C12H18N4O. The number of amides is 1. The maximum Gasteiger partial charge on any atom is 0.293 e. The quantitative estimate of drug-likeness (QED) is 0.844. The Bertz CT molecular complexity index is 416. The molecule has 1 saturated heterocycles. The van der Waals surface area contributed by atoms with Gasteiger partial charge in [-0.3, -0.25) is 9.89 Å².